The highest BCUT2D eigenvalue weighted by molar-refractivity contribution is 6.17. The molecule has 0 unspecified atom stereocenters. The zero-order chi connectivity index (χ0) is 46.1. The largest absolute Gasteiger partial charge is 0.309 e. The van der Waals surface area contributed by atoms with E-state index in [1.165, 1.54) is 126 Å². The van der Waals surface area contributed by atoms with Gasteiger partial charge >= 0.3 is 0 Å². The number of nitrogens with zero attached hydrogens (tertiary/aromatic N) is 2. The lowest BCUT2D eigenvalue weighted by atomic mass is 9.79. The van der Waals surface area contributed by atoms with Crippen LogP contribution in [0.3, 0.4) is 0 Å². The molecule has 69 heavy (non-hydrogen) atoms. The van der Waals surface area contributed by atoms with E-state index in [-0.39, 0.29) is 5.41 Å². The molecule has 0 bridgehead atoms. The quantitative estimate of drug-likeness (QED) is 0.148. The van der Waals surface area contributed by atoms with Gasteiger partial charge in [0, 0.05) is 38.7 Å². The Labute approximate surface area is 405 Å². The Morgan fingerprint density at radius 3 is 1.78 bits per heavy atom. The van der Waals surface area contributed by atoms with Crippen molar-refractivity contribution in [3.05, 3.63) is 241 Å². The predicted octanol–water partition coefficient (Wildman–Crippen LogP) is 18.8. The molecule has 11 aromatic rings. The fourth-order valence-electron chi connectivity index (χ4n) is 12.5. The molecule has 13 rings (SSSR count). The Morgan fingerprint density at radius 2 is 1.00 bits per heavy atom. The van der Waals surface area contributed by atoms with Crippen LogP contribution in [0.4, 0.5) is 17.1 Å². The summed E-state index contributed by atoms with van der Waals surface area (Å²) in [5.74, 6) is 0.561. The Kier molecular flexibility index (Phi) is 9.98. The third-order valence-electron chi connectivity index (χ3n) is 15.6. The average molecular weight is 887 g/mol. The molecule has 0 aliphatic heterocycles. The van der Waals surface area contributed by atoms with Crippen LogP contribution in [0, 0.1) is 0 Å². The molecule has 2 aliphatic rings. The highest BCUT2D eigenvalue weighted by atomic mass is 15.1. The van der Waals surface area contributed by atoms with Gasteiger partial charge in [0.05, 0.1) is 22.4 Å². The van der Waals surface area contributed by atoms with Crippen molar-refractivity contribution in [1.82, 2.24) is 4.57 Å². The third-order valence-corrected chi connectivity index (χ3v) is 15.6. The SMILES string of the molecule is CC1(C)c2ccccc2-c2cccc(-c3cccc(N(c4ccccc4-c4cccc5cccc(C6CCCCC6)c45)c4ccccc4-c4cccc5c4c4ccccc4n5-c4ccccc4)c3)c21. The lowest BCUT2D eigenvalue weighted by Crippen LogP contribution is -2.16. The summed E-state index contributed by atoms with van der Waals surface area (Å²) in [4.78, 5) is 2.56. The molecule has 1 fully saturated rings. The van der Waals surface area contributed by atoms with E-state index in [2.05, 4.69) is 248 Å². The van der Waals surface area contributed by atoms with Crippen molar-refractivity contribution >= 4 is 49.6 Å². The van der Waals surface area contributed by atoms with Gasteiger partial charge in [-0.2, -0.15) is 0 Å². The summed E-state index contributed by atoms with van der Waals surface area (Å²) in [5.41, 5.74) is 21.1. The zero-order valence-electron chi connectivity index (χ0n) is 39.4. The normalized spacial score (nSPS) is 14.3. The Morgan fingerprint density at radius 1 is 0.435 bits per heavy atom. The van der Waals surface area contributed by atoms with Crippen LogP contribution in [0.15, 0.2) is 224 Å². The van der Waals surface area contributed by atoms with Crippen LogP contribution >= 0.6 is 0 Å². The Balaban J connectivity index is 1.07. The van der Waals surface area contributed by atoms with E-state index in [4.69, 9.17) is 0 Å². The molecule has 2 aliphatic carbocycles. The predicted molar refractivity (Wildman–Crippen MR) is 293 cm³/mol. The van der Waals surface area contributed by atoms with Gasteiger partial charge in [0.15, 0.2) is 0 Å². The van der Waals surface area contributed by atoms with Crippen molar-refractivity contribution in [3.63, 3.8) is 0 Å². The summed E-state index contributed by atoms with van der Waals surface area (Å²) in [6.07, 6.45) is 6.43. The highest BCUT2D eigenvalue weighted by Crippen LogP contribution is 2.54. The van der Waals surface area contributed by atoms with Gasteiger partial charge in [-0.25, -0.2) is 0 Å². The second kappa shape index (κ2) is 16.7. The van der Waals surface area contributed by atoms with E-state index in [0.717, 1.165) is 22.7 Å². The van der Waals surface area contributed by atoms with E-state index >= 15 is 0 Å². The van der Waals surface area contributed by atoms with Gasteiger partial charge in [-0.1, -0.05) is 209 Å². The zero-order valence-corrected chi connectivity index (χ0v) is 39.4. The van der Waals surface area contributed by atoms with Crippen molar-refractivity contribution in [3.8, 4) is 50.2 Å². The van der Waals surface area contributed by atoms with Crippen molar-refractivity contribution in [2.45, 2.75) is 57.3 Å². The number of anilines is 3. The molecule has 0 spiro atoms. The molecule has 0 saturated heterocycles. The Hall–Kier alpha value is -7.94. The maximum atomic E-state index is 2.56. The van der Waals surface area contributed by atoms with E-state index in [0.29, 0.717) is 5.92 Å². The van der Waals surface area contributed by atoms with Crippen LogP contribution in [-0.4, -0.2) is 4.57 Å². The maximum Gasteiger partial charge on any atom is 0.0547 e. The van der Waals surface area contributed by atoms with Gasteiger partial charge in [0.1, 0.15) is 0 Å². The van der Waals surface area contributed by atoms with E-state index < -0.39 is 0 Å². The number of fused-ring (bicyclic) bond motifs is 7. The molecule has 10 aromatic carbocycles. The summed E-state index contributed by atoms with van der Waals surface area (Å²) in [5, 5.41) is 5.19. The van der Waals surface area contributed by atoms with Crippen LogP contribution in [0.25, 0.3) is 82.8 Å². The molecule has 1 saturated carbocycles. The number of hydrogen-bond acceptors (Lipinski definition) is 1. The van der Waals surface area contributed by atoms with E-state index in [1.807, 2.05) is 0 Å². The molecule has 1 aromatic heterocycles. The van der Waals surface area contributed by atoms with Crippen molar-refractivity contribution < 1.29 is 0 Å². The second-order valence-corrected chi connectivity index (χ2v) is 19.8. The first-order chi connectivity index (χ1) is 34.0. The molecule has 0 N–H and O–H groups in total. The van der Waals surface area contributed by atoms with Crippen molar-refractivity contribution in [2.24, 2.45) is 0 Å². The second-order valence-electron chi connectivity index (χ2n) is 19.8. The standard InChI is InChI=1S/C67H54N2/c1-67(2)59-39-13-9-30-52(59)57-38-20-35-51(66(57)67)47-26-17-29-49(44-47)69(60-40-14-10-31-53(60)55-36-19-25-46-24-18-34-50(64(46)55)45-22-5-3-6-23-45)61-41-15-11-32-54(61)56-37-21-43-63-65(56)58-33-12-16-42-62(58)68(63)48-27-7-4-8-28-48/h4,7-21,24-45H,3,5-6,22-23H2,1-2H3. The maximum absolute atomic E-state index is 2.56. The first-order valence-corrected chi connectivity index (χ1v) is 25.0. The summed E-state index contributed by atoms with van der Waals surface area (Å²) < 4.78 is 2.43. The van der Waals surface area contributed by atoms with Gasteiger partial charge in [-0.05, 0) is 128 Å². The monoisotopic (exact) mass is 886 g/mol. The third kappa shape index (κ3) is 6.68. The number of aromatic nitrogens is 1. The minimum absolute atomic E-state index is 0.153. The van der Waals surface area contributed by atoms with Crippen LogP contribution < -0.4 is 4.90 Å². The van der Waals surface area contributed by atoms with Gasteiger partial charge in [0.2, 0.25) is 0 Å². The van der Waals surface area contributed by atoms with Gasteiger partial charge in [-0.15, -0.1) is 0 Å². The van der Waals surface area contributed by atoms with Crippen molar-refractivity contribution in [1.29, 1.82) is 0 Å². The van der Waals surface area contributed by atoms with Crippen LogP contribution in [0.2, 0.25) is 0 Å². The Bertz CT molecular complexity index is 3750. The first kappa shape index (κ1) is 41.3. The van der Waals surface area contributed by atoms with E-state index in [1.54, 1.807) is 0 Å². The fourth-order valence-corrected chi connectivity index (χ4v) is 12.5. The fraction of sp³-hybridized carbons (Fsp3) is 0.134. The number of rotatable bonds is 8. The molecule has 0 amide bonds. The number of hydrogen-bond donors (Lipinski definition) is 0. The van der Waals surface area contributed by atoms with Gasteiger partial charge in [-0.3, -0.25) is 0 Å². The minimum atomic E-state index is -0.153. The van der Waals surface area contributed by atoms with Crippen molar-refractivity contribution in [2.75, 3.05) is 4.90 Å². The molecule has 2 heteroatoms. The summed E-state index contributed by atoms with van der Waals surface area (Å²) >= 11 is 0. The summed E-state index contributed by atoms with van der Waals surface area (Å²) in [6, 6.07) is 84.0. The number of para-hydroxylation sites is 4. The molecule has 2 nitrogen and oxygen atoms in total. The molecular formula is C67H54N2. The summed E-state index contributed by atoms with van der Waals surface area (Å²) in [7, 11) is 0. The topological polar surface area (TPSA) is 8.17 Å². The van der Waals surface area contributed by atoms with E-state index in [9.17, 15) is 0 Å². The average Bonchev–Trinajstić information content (AvgIpc) is 3.88. The summed E-state index contributed by atoms with van der Waals surface area (Å²) in [6.45, 7) is 4.79. The molecule has 0 atom stereocenters. The first-order valence-electron chi connectivity index (χ1n) is 25.0. The highest BCUT2D eigenvalue weighted by Gasteiger charge is 2.37. The van der Waals surface area contributed by atoms with Crippen LogP contribution in [-0.2, 0) is 5.41 Å². The molecule has 332 valence electrons. The minimum Gasteiger partial charge on any atom is -0.309 e. The van der Waals surface area contributed by atoms with Gasteiger partial charge < -0.3 is 9.47 Å². The molecular weight excluding hydrogens is 833 g/mol. The lowest BCUT2D eigenvalue weighted by molar-refractivity contribution is 0.445. The van der Waals surface area contributed by atoms with Crippen LogP contribution in [0.1, 0.15) is 68.6 Å². The molecule has 1 heterocycles. The lowest BCUT2D eigenvalue weighted by Gasteiger charge is -2.31. The number of benzene rings is 10. The molecule has 0 radical (unpaired) electrons. The smallest absolute Gasteiger partial charge is 0.0547 e. The van der Waals surface area contributed by atoms with Crippen LogP contribution in [0.5, 0.6) is 0 Å². The van der Waals surface area contributed by atoms with Gasteiger partial charge in [0.25, 0.3) is 0 Å².